The number of benzene rings is 8. The summed E-state index contributed by atoms with van der Waals surface area (Å²) in [6.45, 7) is 0. The van der Waals surface area contributed by atoms with Gasteiger partial charge in [0, 0.05) is 16.7 Å². The van der Waals surface area contributed by atoms with Gasteiger partial charge in [-0.2, -0.15) is 0 Å². The minimum Gasteiger partial charge on any atom is -0.228 e. The molecule has 0 radical (unpaired) electrons. The Morgan fingerprint density at radius 1 is 0.240 bits per heavy atom. The number of nitrogens with zero attached hydrogens (tertiary/aromatic N) is 2. The summed E-state index contributed by atoms with van der Waals surface area (Å²) in [6.07, 6.45) is 0. The lowest BCUT2D eigenvalue weighted by molar-refractivity contribution is 1.18. The summed E-state index contributed by atoms with van der Waals surface area (Å²) in [5.74, 6) is 0.704. The fourth-order valence-electron chi connectivity index (χ4n) is 7.11. The minimum atomic E-state index is 0.704. The quantitative estimate of drug-likeness (QED) is 0.170. The highest BCUT2D eigenvalue weighted by Gasteiger charge is 2.18. The summed E-state index contributed by atoms with van der Waals surface area (Å²) < 4.78 is 0. The number of fused-ring (bicyclic) bond motifs is 2. The lowest BCUT2D eigenvalue weighted by Gasteiger charge is -2.18. The first-order chi connectivity index (χ1) is 24.8. The summed E-state index contributed by atoms with van der Waals surface area (Å²) in [5.41, 5.74) is 12.1. The third-order valence-corrected chi connectivity index (χ3v) is 9.49. The Morgan fingerprint density at radius 3 is 1.10 bits per heavy atom. The van der Waals surface area contributed by atoms with E-state index >= 15 is 0 Å². The zero-order valence-corrected chi connectivity index (χ0v) is 27.4. The highest BCUT2D eigenvalue weighted by atomic mass is 14.9. The molecule has 0 amide bonds. The maximum atomic E-state index is 5.13. The molecule has 9 aromatic rings. The first kappa shape index (κ1) is 29.5. The molecule has 0 bridgehead atoms. The van der Waals surface area contributed by atoms with Crippen molar-refractivity contribution in [1.29, 1.82) is 0 Å². The number of rotatable bonds is 6. The average molecular weight is 637 g/mol. The average Bonchev–Trinajstić information content (AvgIpc) is 3.21. The van der Waals surface area contributed by atoms with Crippen LogP contribution in [0, 0.1) is 0 Å². The summed E-state index contributed by atoms with van der Waals surface area (Å²) in [5, 5.41) is 4.89. The molecular formula is C48H32N2. The number of hydrogen-bond donors (Lipinski definition) is 0. The van der Waals surface area contributed by atoms with E-state index in [4.69, 9.17) is 9.97 Å². The highest BCUT2D eigenvalue weighted by molar-refractivity contribution is 6.21. The maximum absolute atomic E-state index is 5.13. The Kier molecular flexibility index (Phi) is 7.53. The molecule has 0 N–H and O–H groups in total. The van der Waals surface area contributed by atoms with Gasteiger partial charge in [-0.1, -0.05) is 182 Å². The summed E-state index contributed by atoms with van der Waals surface area (Å²) in [6, 6.07) is 68.7. The molecule has 0 fully saturated rings. The molecule has 234 valence electrons. The molecule has 0 saturated heterocycles. The van der Waals surface area contributed by atoms with E-state index in [2.05, 4.69) is 182 Å². The van der Waals surface area contributed by atoms with E-state index in [9.17, 15) is 0 Å². The summed E-state index contributed by atoms with van der Waals surface area (Å²) in [7, 11) is 0. The van der Waals surface area contributed by atoms with Crippen molar-refractivity contribution in [2.45, 2.75) is 0 Å². The van der Waals surface area contributed by atoms with Crippen molar-refractivity contribution < 1.29 is 0 Å². The second kappa shape index (κ2) is 12.8. The normalized spacial score (nSPS) is 11.2. The van der Waals surface area contributed by atoms with E-state index in [0.717, 1.165) is 33.6 Å². The van der Waals surface area contributed by atoms with Gasteiger partial charge in [-0.3, -0.25) is 0 Å². The van der Waals surface area contributed by atoms with E-state index in [1.165, 1.54) is 49.4 Å². The topological polar surface area (TPSA) is 25.8 Å². The Bertz CT molecular complexity index is 2500. The molecule has 8 aromatic carbocycles. The van der Waals surface area contributed by atoms with Crippen molar-refractivity contribution in [1.82, 2.24) is 9.97 Å². The molecule has 2 nitrogen and oxygen atoms in total. The number of hydrogen-bond acceptors (Lipinski definition) is 2. The Hall–Kier alpha value is -6.64. The number of aromatic nitrogens is 2. The second-order valence-corrected chi connectivity index (χ2v) is 12.6. The maximum Gasteiger partial charge on any atom is 0.160 e. The molecule has 9 rings (SSSR count). The molecule has 1 aromatic heterocycles. The monoisotopic (exact) mass is 636 g/mol. The van der Waals surface area contributed by atoms with Crippen molar-refractivity contribution in [2.75, 3.05) is 0 Å². The van der Waals surface area contributed by atoms with Crippen molar-refractivity contribution in [3.05, 3.63) is 194 Å². The van der Waals surface area contributed by atoms with Gasteiger partial charge in [0.2, 0.25) is 0 Å². The molecule has 2 heteroatoms. The predicted octanol–water partition coefficient (Wildman–Crippen LogP) is 12.8. The smallest absolute Gasteiger partial charge is 0.160 e. The van der Waals surface area contributed by atoms with Crippen LogP contribution < -0.4 is 0 Å². The van der Waals surface area contributed by atoms with Gasteiger partial charge in [0.05, 0.1) is 11.4 Å². The lowest BCUT2D eigenvalue weighted by Crippen LogP contribution is -1.96. The third kappa shape index (κ3) is 5.43. The van der Waals surface area contributed by atoms with Gasteiger partial charge >= 0.3 is 0 Å². The van der Waals surface area contributed by atoms with Gasteiger partial charge in [0.25, 0.3) is 0 Å². The van der Waals surface area contributed by atoms with Gasteiger partial charge in [-0.05, 0) is 67.1 Å². The standard InChI is InChI=1S/C48H32N2/c1-4-15-33(16-5-1)34-27-29-37(30-28-34)46-40-23-10-12-25-42(40)47(43-26-13-11-24-41(43)46)38-21-14-22-39(31-38)48-49-44(35-17-6-2-7-18-35)32-45(50-48)36-19-8-3-9-20-36/h1-32H. The molecule has 0 unspecified atom stereocenters. The highest BCUT2D eigenvalue weighted by Crippen LogP contribution is 2.44. The van der Waals surface area contributed by atoms with Crippen LogP contribution in [0.1, 0.15) is 0 Å². The van der Waals surface area contributed by atoms with E-state index in [1.54, 1.807) is 0 Å². The van der Waals surface area contributed by atoms with Crippen molar-refractivity contribution in [3.63, 3.8) is 0 Å². The predicted molar refractivity (Wildman–Crippen MR) is 210 cm³/mol. The van der Waals surface area contributed by atoms with Crippen LogP contribution in [0.5, 0.6) is 0 Å². The van der Waals surface area contributed by atoms with Gasteiger partial charge < -0.3 is 0 Å². The zero-order valence-electron chi connectivity index (χ0n) is 27.4. The second-order valence-electron chi connectivity index (χ2n) is 12.6. The first-order valence-corrected chi connectivity index (χ1v) is 17.0. The van der Waals surface area contributed by atoms with Crippen molar-refractivity contribution in [2.24, 2.45) is 0 Å². The zero-order chi connectivity index (χ0) is 33.3. The fraction of sp³-hybridized carbons (Fsp3) is 0. The summed E-state index contributed by atoms with van der Waals surface area (Å²) >= 11 is 0. The third-order valence-electron chi connectivity index (χ3n) is 9.49. The van der Waals surface area contributed by atoms with Gasteiger partial charge in [-0.25, -0.2) is 9.97 Å². The van der Waals surface area contributed by atoms with Gasteiger partial charge in [0.1, 0.15) is 0 Å². The summed E-state index contributed by atoms with van der Waals surface area (Å²) in [4.78, 5) is 10.3. The molecule has 0 aliphatic carbocycles. The van der Waals surface area contributed by atoms with Crippen LogP contribution in [0.3, 0.4) is 0 Å². The first-order valence-electron chi connectivity index (χ1n) is 17.0. The van der Waals surface area contributed by atoms with Crippen LogP contribution in [0.4, 0.5) is 0 Å². The Labute approximate surface area is 292 Å². The van der Waals surface area contributed by atoms with Crippen LogP contribution >= 0.6 is 0 Å². The largest absolute Gasteiger partial charge is 0.228 e. The van der Waals surface area contributed by atoms with Crippen LogP contribution in [-0.2, 0) is 0 Å². The van der Waals surface area contributed by atoms with Gasteiger partial charge in [0.15, 0.2) is 5.82 Å². The van der Waals surface area contributed by atoms with Crippen LogP contribution in [-0.4, -0.2) is 9.97 Å². The van der Waals surface area contributed by atoms with E-state index in [0.29, 0.717) is 5.82 Å². The van der Waals surface area contributed by atoms with E-state index < -0.39 is 0 Å². The molecule has 0 aliphatic rings. The Morgan fingerprint density at radius 2 is 0.600 bits per heavy atom. The molecule has 0 spiro atoms. The molecule has 0 saturated carbocycles. The molecule has 0 atom stereocenters. The van der Waals surface area contributed by atoms with Crippen LogP contribution in [0.2, 0.25) is 0 Å². The van der Waals surface area contributed by atoms with Crippen molar-refractivity contribution >= 4 is 21.5 Å². The van der Waals surface area contributed by atoms with E-state index in [-0.39, 0.29) is 0 Å². The molecular weight excluding hydrogens is 605 g/mol. The van der Waals surface area contributed by atoms with E-state index in [1.807, 2.05) is 12.1 Å². The Balaban J connectivity index is 1.22. The SMILES string of the molecule is c1ccc(-c2ccc(-c3c4ccccc4c(-c4cccc(-c5nc(-c6ccccc6)cc(-c6ccccc6)n5)c4)c4ccccc34)cc2)cc1. The fourth-order valence-corrected chi connectivity index (χ4v) is 7.11. The van der Waals surface area contributed by atoms with Crippen LogP contribution in [0.15, 0.2) is 194 Å². The lowest BCUT2D eigenvalue weighted by atomic mass is 9.85. The minimum absolute atomic E-state index is 0.704. The molecule has 1 heterocycles. The van der Waals surface area contributed by atoms with Gasteiger partial charge in [-0.15, -0.1) is 0 Å². The van der Waals surface area contributed by atoms with Crippen LogP contribution in [0.25, 0.3) is 88.8 Å². The molecule has 50 heavy (non-hydrogen) atoms. The van der Waals surface area contributed by atoms with Crippen molar-refractivity contribution in [3.8, 4) is 67.3 Å². The molecule has 0 aliphatic heterocycles.